The Balaban J connectivity index is 1.88. The molecular formula is C25H42O6S. The van der Waals surface area contributed by atoms with Gasteiger partial charge in [-0.3, -0.25) is 4.18 Å². The van der Waals surface area contributed by atoms with E-state index in [1.54, 1.807) is 24.3 Å². The Morgan fingerprint density at radius 3 is 1.75 bits per heavy atom. The van der Waals surface area contributed by atoms with Crippen LogP contribution in [0.3, 0.4) is 0 Å². The van der Waals surface area contributed by atoms with E-state index < -0.39 is 15.7 Å². The van der Waals surface area contributed by atoms with Gasteiger partial charge in [0.05, 0.1) is 11.5 Å². The van der Waals surface area contributed by atoms with Crippen LogP contribution in [0.25, 0.3) is 0 Å². The second-order valence-corrected chi connectivity index (χ2v) is 10.9. The van der Waals surface area contributed by atoms with Gasteiger partial charge in [0.15, 0.2) is 0 Å². The number of rotatable bonds is 17. The molecule has 0 heterocycles. The first-order chi connectivity index (χ1) is 15.1. The summed E-state index contributed by atoms with van der Waals surface area (Å²) in [6.07, 6.45) is 10.9. The van der Waals surface area contributed by atoms with Gasteiger partial charge < -0.3 is 9.47 Å². The Morgan fingerprint density at radius 2 is 1.25 bits per heavy atom. The molecule has 6 nitrogen and oxygen atoms in total. The summed E-state index contributed by atoms with van der Waals surface area (Å²) in [6.45, 7) is 8.33. The van der Waals surface area contributed by atoms with E-state index in [1.165, 1.54) is 32.1 Å². The number of carbonyl (C=O) groups is 1. The number of benzene rings is 1. The monoisotopic (exact) mass is 470 g/mol. The SMILES string of the molecule is Cc1ccc(S(=O)(=O)OCCCCCCCCCCCCOCC(=O)OC(C)(C)C)cc1. The van der Waals surface area contributed by atoms with E-state index in [0.29, 0.717) is 6.61 Å². The third kappa shape index (κ3) is 14.6. The van der Waals surface area contributed by atoms with Crippen LogP contribution in [0.4, 0.5) is 0 Å². The van der Waals surface area contributed by atoms with Gasteiger partial charge in [-0.1, -0.05) is 69.1 Å². The van der Waals surface area contributed by atoms with Crippen molar-refractivity contribution >= 4 is 16.1 Å². The van der Waals surface area contributed by atoms with Gasteiger partial charge >= 0.3 is 5.97 Å². The number of hydrogen-bond acceptors (Lipinski definition) is 6. The van der Waals surface area contributed by atoms with E-state index >= 15 is 0 Å². The summed E-state index contributed by atoms with van der Waals surface area (Å²) in [4.78, 5) is 11.7. The molecule has 1 aromatic carbocycles. The highest BCUT2D eigenvalue weighted by Crippen LogP contribution is 2.15. The Bertz CT molecular complexity index is 735. The molecule has 0 aliphatic rings. The third-order valence-electron chi connectivity index (χ3n) is 4.87. The quantitative estimate of drug-likeness (QED) is 0.159. The minimum absolute atomic E-state index is 0.0280. The molecule has 0 unspecified atom stereocenters. The van der Waals surface area contributed by atoms with Crippen LogP contribution in [0.2, 0.25) is 0 Å². The second-order valence-electron chi connectivity index (χ2n) is 9.26. The number of hydrogen-bond donors (Lipinski definition) is 0. The van der Waals surface area contributed by atoms with Crippen molar-refractivity contribution in [2.75, 3.05) is 19.8 Å². The molecule has 0 saturated carbocycles. The van der Waals surface area contributed by atoms with Gasteiger partial charge in [-0.25, -0.2) is 4.79 Å². The normalized spacial score (nSPS) is 12.1. The number of carbonyl (C=O) groups excluding carboxylic acids is 1. The predicted molar refractivity (Wildman–Crippen MR) is 127 cm³/mol. The van der Waals surface area contributed by atoms with Crippen molar-refractivity contribution in [3.8, 4) is 0 Å². The summed E-state index contributed by atoms with van der Waals surface area (Å²) in [5.41, 5.74) is 0.560. The molecule has 1 aromatic rings. The van der Waals surface area contributed by atoms with Crippen molar-refractivity contribution < 1.29 is 26.9 Å². The lowest BCUT2D eigenvalue weighted by Crippen LogP contribution is -2.26. The van der Waals surface area contributed by atoms with Crippen LogP contribution in [-0.4, -0.2) is 39.8 Å². The molecule has 184 valence electrons. The zero-order chi connectivity index (χ0) is 23.9. The fraction of sp³-hybridized carbons (Fsp3) is 0.720. The first-order valence-corrected chi connectivity index (χ1v) is 13.3. The number of unbranched alkanes of at least 4 members (excludes halogenated alkanes) is 9. The Labute approximate surface area is 195 Å². The van der Waals surface area contributed by atoms with Crippen LogP contribution in [0, 0.1) is 6.92 Å². The smallest absolute Gasteiger partial charge is 0.332 e. The third-order valence-corrected chi connectivity index (χ3v) is 6.20. The number of aryl methyl sites for hydroxylation is 1. The average Bonchev–Trinajstić information content (AvgIpc) is 2.70. The Hall–Kier alpha value is -1.44. The molecule has 1 rings (SSSR count). The minimum Gasteiger partial charge on any atom is -0.458 e. The van der Waals surface area contributed by atoms with E-state index in [-0.39, 0.29) is 24.1 Å². The average molecular weight is 471 g/mol. The van der Waals surface area contributed by atoms with Crippen molar-refractivity contribution in [2.45, 2.75) is 102 Å². The van der Waals surface area contributed by atoms with Crippen molar-refractivity contribution in [1.29, 1.82) is 0 Å². The van der Waals surface area contributed by atoms with E-state index in [4.69, 9.17) is 13.7 Å². The van der Waals surface area contributed by atoms with Gasteiger partial charge in [0.1, 0.15) is 12.2 Å². The maximum absolute atomic E-state index is 12.1. The minimum atomic E-state index is -3.64. The topological polar surface area (TPSA) is 78.9 Å². The number of esters is 1. The molecule has 0 aliphatic carbocycles. The molecule has 0 aliphatic heterocycles. The molecule has 0 saturated heterocycles. The fourth-order valence-electron chi connectivity index (χ4n) is 3.19. The van der Waals surface area contributed by atoms with Crippen LogP contribution in [0.5, 0.6) is 0 Å². The first-order valence-electron chi connectivity index (χ1n) is 11.9. The lowest BCUT2D eigenvalue weighted by Gasteiger charge is -2.19. The Kier molecular flexibility index (Phi) is 13.8. The van der Waals surface area contributed by atoms with Crippen molar-refractivity contribution in [3.63, 3.8) is 0 Å². The Morgan fingerprint density at radius 1 is 0.781 bits per heavy atom. The highest BCUT2D eigenvalue weighted by molar-refractivity contribution is 7.86. The molecule has 0 bridgehead atoms. The van der Waals surface area contributed by atoms with Gasteiger partial charge in [0.2, 0.25) is 0 Å². The van der Waals surface area contributed by atoms with Crippen molar-refractivity contribution in [1.82, 2.24) is 0 Å². The molecule has 7 heteroatoms. The van der Waals surface area contributed by atoms with E-state index in [1.807, 2.05) is 27.7 Å². The molecule has 0 fully saturated rings. The van der Waals surface area contributed by atoms with Gasteiger partial charge in [0.25, 0.3) is 10.1 Å². The van der Waals surface area contributed by atoms with E-state index in [2.05, 4.69) is 0 Å². The van der Waals surface area contributed by atoms with Gasteiger partial charge in [-0.05, 0) is 52.7 Å². The fourth-order valence-corrected chi connectivity index (χ4v) is 4.13. The summed E-state index contributed by atoms with van der Waals surface area (Å²) in [6, 6.07) is 6.72. The standard InChI is InChI=1S/C25H42O6S/c1-22-15-17-23(18-16-22)32(27,28)30-20-14-12-10-8-6-5-7-9-11-13-19-29-21-24(26)31-25(2,3)4/h15-18H,5-14,19-21H2,1-4H3. The molecule has 0 spiro atoms. The number of ether oxygens (including phenoxy) is 2. The summed E-state index contributed by atoms with van der Waals surface area (Å²) in [5, 5.41) is 0. The maximum Gasteiger partial charge on any atom is 0.332 e. The molecule has 0 radical (unpaired) electrons. The van der Waals surface area contributed by atoms with Gasteiger partial charge in [-0.2, -0.15) is 8.42 Å². The molecule has 0 aromatic heterocycles. The van der Waals surface area contributed by atoms with Gasteiger partial charge in [0, 0.05) is 6.61 Å². The maximum atomic E-state index is 12.1. The van der Waals surface area contributed by atoms with E-state index in [0.717, 1.165) is 37.7 Å². The summed E-state index contributed by atoms with van der Waals surface area (Å²) in [7, 11) is -3.64. The molecular weight excluding hydrogens is 428 g/mol. The zero-order valence-corrected chi connectivity index (χ0v) is 21.2. The highest BCUT2D eigenvalue weighted by Gasteiger charge is 2.16. The van der Waals surface area contributed by atoms with E-state index in [9.17, 15) is 13.2 Å². The molecule has 0 atom stereocenters. The zero-order valence-electron chi connectivity index (χ0n) is 20.4. The molecule has 0 amide bonds. The van der Waals surface area contributed by atoms with Crippen LogP contribution < -0.4 is 0 Å². The van der Waals surface area contributed by atoms with Crippen molar-refractivity contribution in [3.05, 3.63) is 29.8 Å². The van der Waals surface area contributed by atoms with Crippen molar-refractivity contribution in [2.24, 2.45) is 0 Å². The van der Waals surface area contributed by atoms with Gasteiger partial charge in [-0.15, -0.1) is 0 Å². The summed E-state index contributed by atoms with van der Waals surface area (Å²) in [5.74, 6) is -0.308. The summed E-state index contributed by atoms with van der Waals surface area (Å²) >= 11 is 0. The first kappa shape index (κ1) is 28.6. The van der Waals surface area contributed by atoms with Crippen LogP contribution in [0.1, 0.15) is 90.5 Å². The summed E-state index contributed by atoms with van der Waals surface area (Å²) < 4.78 is 39.9. The van der Waals surface area contributed by atoms with Crippen LogP contribution in [0.15, 0.2) is 29.2 Å². The highest BCUT2D eigenvalue weighted by atomic mass is 32.2. The van der Waals surface area contributed by atoms with Crippen LogP contribution in [-0.2, 0) is 28.6 Å². The second kappa shape index (κ2) is 15.4. The lowest BCUT2D eigenvalue weighted by atomic mass is 10.1. The largest absolute Gasteiger partial charge is 0.458 e. The molecule has 32 heavy (non-hydrogen) atoms. The lowest BCUT2D eigenvalue weighted by molar-refractivity contribution is -0.160. The van der Waals surface area contributed by atoms with Crippen LogP contribution >= 0.6 is 0 Å². The predicted octanol–water partition coefficient (Wildman–Crippen LogP) is 5.96. The molecule has 0 N–H and O–H groups in total.